The number of carbonyl (C=O) groups is 2. The largest absolute Gasteiger partial charge is 0.462 e. The third kappa shape index (κ3) is 55.2. The van der Waals surface area contributed by atoms with Crippen molar-refractivity contribution in [2.45, 2.75) is 264 Å². The van der Waals surface area contributed by atoms with Gasteiger partial charge < -0.3 is 14.6 Å². The van der Waals surface area contributed by atoms with E-state index in [4.69, 9.17) is 9.47 Å². The van der Waals surface area contributed by atoms with Crippen LogP contribution in [0.3, 0.4) is 0 Å². The van der Waals surface area contributed by atoms with Crippen LogP contribution in [-0.4, -0.2) is 36.4 Å². The van der Waals surface area contributed by atoms with Crippen LogP contribution in [0.5, 0.6) is 0 Å². The third-order valence-electron chi connectivity index (χ3n) is 12.1. The van der Waals surface area contributed by atoms with E-state index in [2.05, 4.69) is 123 Å². The zero-order valence-electron chi connectivity index (χ0n) is 44.3. The Bertz CT molecular complexity index is 1340. The fourth-order valence-corrected chi connectivity index (χ4v) is 7.84. The van der Waals surface area contributed by atoms with Gasteiger partial charge in [0.15, 0.2) is 6.10 Å². The van der Waals surface area contributed by atoms with Crippen LogP contribution in [0.2, 0.25) is 0 Å². The van der Waals surface area contributed by atoms with E-state index in [-0.39, 0.29) is 25.2 Å². The van der Waals surface area contributed by atoms with Crippen LogP contribution >= 0.6 is 0 Å². The minimum absolute atomic E-state index is 0.0729. The molecule has 5 heteroatoms. The molecule has 0 aliphatic rings. The fourth-order valence-electron chi connectivity index (χ4n) is 7.84. The summed E-state index contributed by atoms with van der Waals surface area (Å²) >= 11 is 0. The highest BCUT2D eigenvalue weighted by Gasteiger charge is 2.16. The first-order chi connectivity index (χ1) is 33.6. The van der Waals surface area contributed by atoms with Gasteiger partial charge in [-0.25, -0.2) is 0 Å². The van der Waals surface area contributed by atoms with Gasteiger partial charge in [-0.15, -0.1) is 0 Å². The lowest BCUT2D eigenvalue weighted by molar-refractivity contribution is -0.161. The molecule has 0 saturated heterocycles. The second-order valence-electron chi connectivity index (χ2n) is 18.6. The van der Waals surface area contributed by atoms with Crippen LogP contribution in [0.25, 0.3) is 0 Å². The molecule has 0 aliphatic carbocycles. The van der Waals surface area contributed by atoms with E-state index in [1.165, 1.54) is 128 Å². The lowest BCUT2D eigenvalue weighted by atomic mass is 10.0. The lowest BCUT2D eigenvalue weighted by Crippen LogP contribution is -2.28. The van der Waals surface area contributed by atoms with Crippen LogP contribution < -0.4 is 0 Å². The normalized spacial score (nSPS) is 13.0. The van der Waals surface area contributed by atoms with Crippen molar-refractivity contribution in [3.8, 4) is 0 Å². The van der Waals surface area contributed by atoms with E-state index in [1.54, 1.807) is 0 Å². The van der Waals surface area contributed by atoms with Crippen LogP contribution in [0.1, 0.15) is 258 Å². The van der Waals surface area contributed by atoms with Crippen LogP contribution in [-0.2, 0) is 19.1 Å². The standard InChI is InChI=1S/C63H106O5/c1-3-5-7-9-11-13-15-17-19-21-23-24-25-26-27-28-29-30-31-32-33-34-35-36-37-38-40-42-44-46-48-50-52-54-56-58-63(66)68-61(59-64)60-67-62(65)57-55-53-51-49-47-45-43-41-39-22-20-18-16-14-12-10-8-6-4-2/h5,7,11,13,17,19,23-24,26-27,29-30,32-33,35-36,38,40,61,64H,3-4,6,8-10,12,14-16,18,20-22,25,28,31,34,37,39,41-60H2,1-2H3/b7-5-,13-11-,19-17-,24-23-,27-26-,30-29-,33-32-,36-35-,40-38-. The van der Waals surface area contributed by atoms with Gasteiger partial charge in [0.25, 0.3) is 0 Å². The fraction of sp³-hybridized carbons (Fsp3) is 0.683. The second kappa shape index (κ2) is 57.9. The van der Waals surface area contributed by atoms with Crippen molar-refractivity contribution < 1.29 is 24.2 Å². The number of hydrogen-bond acceptors (Lipinski definition) is 5. The summed E-state index contributed by atoms with van der Waals surface area (Å²) in [4.78, 5) is 24.5. The lowest BCUT2D eigenvalue weighted by Gasteiger charge is -2.15. The predicted molar refractivity (Wildman–Crippen MR) is 297 cm³/mol. The molecule has 0 rings (SSSR count). The second-order valence-corrected chi connectivity index (χ2v) is 18.6. The molecule has 0 aliphatic heterocycles. The Labute approximate surface area is 421 Å². The van der Waals surface area contributed by atoms with Crippen molar-refractivity contribution in [1.82, 2.24) is 0 Å². The van der Waals surface area contributed by atoms with Crippen molar-refractivity contribution in [1.29, 1.82) is 0 Å². The molecule has 388 valence electrons. The van der Waals surface area contributed by atoms with Gasteiger partial charge in [-0.2, -0.15) is 0 Å². The average molecular weight is 944 g/mol. The summed E-state index contributed by atoms with van der Waals surface area (Å²) in [6.45, 7) is 4.03. The van der Waals surface area contributed by atoms with Gasteiger partial charge in [0, 0.05) is 12.8 Å². The highest BCUT2D eigenvalue weighted by atomic mass is 16.6. The predicted octanol–water partition coefficient (Wildman–Crippen LogP) is 19.3. The first kappa shape index (κ1) is 64.6. The Kier molecular flexibility index (Phi) is 54.9. The number of aliphatic hydroxyl groups is 1. The third-order valence-corrected chi connectivity index (χ3v) is 12.1. The number of allylic oxidation sites excluding steroid dienone is 18. The zero-order chi connectivity index (χ0) is 49.2. The summed E-state index contributed by atoms with van der Waals surface area (Å²) in [5.74, 6) is -0.600. The first-order valence-corrected chi connectivity index (χ1v) is 28.4. The quantitative estimate of drug-likeness (QED) is 0.0374. The number of carbonyl (C=O) groups excluding carboxylic acids is 2. The average Bonchev–Trinajstić information content (AvgIpc) is 3.34. The highest BCUT2D eigenvalue weighted by Crippen LogP contribution is 2.16. The van der Waals surface area contributed by atoms with E-state index in [1.807, 2.05) is 0 Å². The zero-order valence-corrected chi connectivity index (χ0v) is 44.3. The summed E-state index contributed by atoms with van der Waals surface area (Å²) in [7, 11) is 0. The SMILES string of the molecule is CC/C=C\C/C=C\C/C=C\C/C=C\C/C=C\C/C=C\C/C=C\C/C=C\C/C=C\CCCCCCCCCC(=O)OC(CO)COC(=O)CCCCCCCCCCCCCCCCCCCCC. The Hall–Kier alpha value is -3.44. The molecule has 0 saturated carbocycles. The highest BCUT2D eigenvalue weighted by molar-refractivity contribution is 5.70. The molecule has 0 aromatic heterocycles. The molecule has 1 atom stereocenters. The molecule has 0 amide bonds. The topological polar surface area (TPSA) is 72.8 Å². The molecule has 0 aromatic carbocycles. The number of rotatable bonds is 51. The minimum Gasteiger partial charge on any atom is -0.462 e. The minimum atomic E-state index is -0.783. The summed E-state index contributed by atoms with van der Waals surface area (Å²) in [5.41, 5.74) is 0. The number of aliphatic hydroxyl groups excluding tert-OH is 1. The van der Waals surface area contributed by atoms with E-state index in [0.29, 0.717) is 12.8 Å². The van der Waals surface area contributed by atoms with Gasteiger partial charge in [-0.05, 0) is 83.5 Å². The van der Waals surface area contributed by atoms with Gasteiger partial charge in [-0.3, -0.25) is 9.59 Å². The molecular formula is C63H106O5. The van der Waals surface area contributed by atoms with Gasteiger partial charge in [0.1, 0.15) is 6.61 Å². The monoisotopic (exact) mass is 943 g/mol. The molecule has 0 radical (unpaired) electrons. The van der Waals surface area contributed by atoms with Crippen molar-refractivity contribution in [2.24, 2.45) is 0 Å². The maximum Gasteiger partial charge on any atom is 0.306 e. The van der Waals surface area contributed by atoms with Crippen molar-refractivity contribution in [3.63, 3.8) is 0 Å². The molecular weight excluding hydrogens is 837 g/mol. The molecule has 0 fully saturated rings. The number of esters is 2. The van der Waals surface area contributed by atoms with Crippen LogP contribution in [0.4, 0.5) is 0 Å². The summed E-state index contributed by atoms with van der Waals surface area (Å²) in [6, 6.07) is 0. The number of hydrogen-bond donors (Lipinski definition) is 1. The maximum absolute atomic E-state index is 12.3. The van der Waals surface area contributed by atoms with E-state index in [0.717, 1.165) is 103 Å². The van der Waals surface area contributed by atoms with Gasteiger partial charge in [-0.1, -0.05) is 271 Å². The van der Waals surface area contributed by atoms with Gasteiger partial charge in [0.2, 0.25) is 0 Å². The summed E-state index contributed by atoms with van der Waals surface area (Å²) in [6.07, 6.45) is 83.4. The van der Waals surface area contributed by atoms with Crippen molar-refractivity contribution in [2.75, 3.05) is 13.2 Å². The van der Waals surface area contributed by atoms with Crippen LogP contribution in [0, 0.1) is 0 Å². The molecule has 0 spiro atoms. The molecule has 0 bridgehead atoms. The summed E-state index contributed by atoms with van der Waals surface area (Å²) < 4.78 is 10.7. The van der Waals surface area contributed by atoms with Crippen LogP contribution in [0.15, 0.2) is 109 Å². The molecule has 1 unspecified atom stereocenters. The van der Waals surface area contributed by atoms with E-state index < -0.39 is 6.10 Å². The molecule has 0 aromatic rings. The van der Waals surface area contributed by atoms with Crippen molar-refractivity contribution in [3.05, 3.63) is 109 Å². The number of unbranched alkanes of at least 4 members (excludes halogenated alkanes) is 25. The van der Waals surface area contributed by atoms with E-state index in [9.17, 15) is 14.7 Å². The summed E-state index contributed by atoms with van der Waals surface area (Å²) in [5, 5.41) is 9.65. The smallest absolute Gasteiger partial charge is 0.306 e. The molecule has 5 nitrogen and oxygen atoms in total. The molecule has 1 N–H and O–H groups in total. The maximum atomic E-state index is 12.3. The van der Waals surface area contributed by atoms with Gasteiger partial charge >= 0.3 is 11.9 Å². The number of ether oxygens (including phenoxy) is 2. The molecule has 0 heterocycles. The van der Waals surface area contributed by atoms with Crippen molar-refractivity contribution >= 4 is 11.9 Å². The Morgan fingerprint density at radius 1 is 0.353 bits per heavy atom. The Morgan fingerprint density at radius 3 is 0.956 bits per heavy atom. The first-order valence-electron chi connectivity index (χ1n) is 28.4. The molecule has 68 heavy (non-hydrogen) atoms. The van der Waals surface area contributed by atoms with E-state index >= 15 is 0 Å². The Morgan fingerprint density at radius 2 is 0.632 bits per heavy atom. The Balaban J connectivity index is 3.58. The van der Waals surface area contributed by atoms with Gasteiger partial charge in [0.05, 0.1) is 6.61 Å².